The standard InChI is InChI=1S/C23H29N5O5/c1-14(26-22(32)18(25)11-16-7-9-17(29)10-8-16)21(31)28-23(33)19(27-20(30)13-24)12-15-5-3-2-4-6-15/h2-10,14,18-19,29H,11-13,24-25H2,1H3,(H,26,32)(H,27,30)(H,28,31,33)/t14-,18-,19-/m0/s1. The van der Waals surface area contributed by atoms with Gasteiger partial charge >= 0.3 is 0 Å². The summed E-state index contributed by atoms with van der Waals surface area (Å²) in [5, 5.41) is 16.5. The van der Waals surface area contributed by atoms with Crippen molar-refractivity contribution in [1.29, 1.82) is 0 Å². The summed E-state index contributed by atoms with van der Waals surface area (Å²) in [6.45, 7) is 1.11. The molecule has 8 N–H and O–H groups in total. The molecule has 10 heteroatoms. The van der Waals surface area contributed by atoms with E-state index < -0.39 is 41.8 Å². The van der Waals surface area contributed by atoms with E-state index in [1.807, 2.05) is 6.07 Å². The quantitative estimate of drug-likeness (QED) is 0.269. The van der Waals surface area contributed by atoms with Gasteiger partial charge in [-0.1, -0.05) is 42.5 Å². The average Bonchev–Trinajstić information content (AvgIpc) is 2.80. The molecule has 10 nitrogen and oxygen atoms in total. The predicted octanol–water partition coefficient (Wildman–Crippen LogP) is -0.904. The lowest BCUT2D eigenvalue weighted by atomic mass is 10.0. The van der Waals surface area contributed by atoms with Gasteiger partial charge in [0.2, 0.25) is 23.6 Å². The number of hydrogen-bond donors (Lipinski definition) is 6. The second-order valence-corrected chi connectivity index (χ2v) is 7.57. The van der Waals surface area contributed by atoms with E-state index in [1.54, 1.807) is 36.4 Å². The number of aromatic hydroxyl groups is 1. The van der Waals surface area contributed by atoms with Crippen molar-refractivity contribution in [3.63, 3.8) is 0 Å². The molecule has 2 aromatic rings. The van der Waals surface area contributed by atoms with Crippen LogP contribution in [0.15, 0.2) is 54.6 Å². The van der Waals surface area contributed by atoms with Gasteiger partial charge < -0.3 is 27.2 Å². The minimum atomic E-state index is -1.05. The van der Waals surface area contributed by atoms with E-state index in [4.69, 9.17) is 11.5 Å². The SMILES string of the molecule is C[C@H](NC(=O)[C@@H](N)Cc1ccc(O)cc1)C(=O)NC(=O)[C@H](Cc1ccccc1)NC(=O)CN. The average molecular weight is 456 g/mol. The summed E-state index contributed by atoms with van der Waals surface area (Å²) >= 11 is 0. The van der Waals surface area contributed by atoms with Crippen molar-refractivity contribution in [1.82, 2.24) is 16.0 Å². The molecule has 0 saturated heterocycles. The summed E-state index contributed by atoms with van der Waals surface area (Å²) < 4.78 is 0. The minimum absolute atomic E-state index is 0.0972. The van der Waals surface area contributed by atoms with Crippen LogP contribution >= 0.6 is 0 Å². The highest BCUT2D eigenvalue weighted by Gasteiger charge is 2.26. The number of rotatable bonds is 10. The number of amides is 4. The Morgan fingerprint density at radius 2 is 1.45 bits per heavy atom. The number of carbonyl (C=O) groups excluding carboxylic acids is 4. The van der Waals surface area contributed by atoms with Gasteiger partial charge in [-0.25, -0.2) is 0 Å². The zero-order valence-electron chi connectivity index (χ0n) is 18.3. The number of phenolic OH excluding ortho intramolecular Hbond substituents is 1. The molecular weight excluding hydrogens is 426 g/mol. The maximum atomic E-state index is 12.7. The van der Waals surface area contributed by atoms with Crippen LogP contribution < -0.4 is 27.4 Å². The molecule has 0 heterocycles. The van der Waals surface area contributed by atoms with E-state index in [0.29, 0.717) is 0 Å². The van der Waals surface area contributed by atoms with Gasteiger partial charge in [0.05, 0.1) is 12.6 Å². The van der Waals surface area contributed by atoms with Crippen molar-refractivity contribution in [3.8, 4) is 5.75 Å². The van der Waals surface area contributed by atoms with Crippen LogP contribution in [0.25, 0.3) is 0 Å². The van der Waals surface area contributed by atoms with Crippen LogP contribution in [0.3, 0.4) is 0 Å². The molecule has 2 rings (SSSR count). The van der Waals surface area contributed by atoms with Crippen molar-refractivity contribution < 1.29 is 24.3 Å². The van der Waals surface area contributed by atoms with Crippen LogP contribution in [0, 0.1) is 0 Å². The van der Waals surface area contributed by atoms with E-state index in [1.165, 1.54) is 19.1 Å². The van der Waals surface area contributed by atoms with Gasteiger partial charge in [0.25, 0.3) is 0 Å². The van der Waals surface area contributed by atoms with Crippen molar-refractivity contribution in [2.45, 2.75) is 37.9 Å². The molecule has 0 bridgehead atoms. The first-order valence-electron chi connectivity index (χ1n) is 10.4. The van der Waals surface area contributed by atoms with Crippen LogP contribution in [0.5, 0.6) is 5.75 Å². The summed E-state index contributed by atoms with van der Waals surface area (Å²) in [5.74, 6) is -2.49. The molecule has 0 spiro atoms. The second kappa shape index (κ2) is 12.3. The molecule has 0 aliphatic carbocycles. The molecular formula is C23H29N5O5. The predicted molar refractivity (Wildman–Crippen MR) is 122 cm³/mol. The molecule has 0 aliphatic rings. The van der Waals surface area contributed by atoms with Gasteiger partial charge in [-0.15, -0.1) is 0 Å². The molecule has 0 aliphatic heterocycles. The van der Waals surface area contributed by atoms with Gasteiger partial charge in [-0.3, -0.25) is 24.5 Å². The Labute approximate surface area is 191 Å². The van der Waals surface area contributed by atoms with E-state index in [2.05, 4.69) is 16.0 Å². The number of carbonyl (C=O) groups is 4. The smallest absolute Gasteiger partial charge is 0.249 e. The summed E-state index contributed by atoms with van der Waals surface area (Å²) in [6.07, 6.45) is 0.355. The molecule has 0 saturated carbocycles. The Morgan fingerprint density at radius 3 is 2.06 bits per heavy atom. The molecule has 0 aromatic heterocycles. The summed E-state index contributed by atoms with van der Waals surface area (Å²) in [4.78, 5) is 49.2. The molecule has 2 aromatic carbocycles. The number of imide groups is 1. The first-order chi connectivity index (χ1) is 15.7. The molecule has 0 fully saturated rings. The highest BCUT2D eigenvalue weighted by Crippen LogP contribution is 2.11. The Balaban J connectivity index is 1.94. The van der Waals surface area contributed by atoms with Crippen LogP contribution in [0.1, 0.15) is 18.1 Å². The highest BCUT2D eigenvalue weighted by atomic mass is 16.3. The topological polar surface area (TPSA) is 177 Å². The van der Waals surface area contributed by atoms with Crippen molar-refractivity contribution in [2.75, 3.05) is 6.54 Å². The lowest BCUT2D eigenvalue weighted by Gasteiger charge is -2.20. The molecule has 33 heavy (non-hydrogen) atoms. The Morgan fingerprint density at radius 1 is 0.848 bits per heavy atom. The van der Waals surface area contributed by atoms with Gasteiger partial charge in [0.15, 0.2) is 0 Å². The summed E-state index contributed by atoms with van der Waals surface area (Å²) in [6, 6.07) is 12.2. The maximum Gasteiger partial charge on any atom is 0.249 e. The van der Waals surface area contributed by atoms with Gasteiger partial charge in [-0.05, 0) is 36.6 Å². The number of nitrogens with one attached hydrogen (secondary N) is 3. The third-order valence-corrected chi connectivity index (χ3v) is 4.85. The highest BCUT2D eigenvalue weighted by molar-refractivity contribution is 6.02. The Kier molecular flexibility index (Phi) is 9.52. The molecule has 3 atom stereocenters. The lowest BCUT2D eigenvalue weighted by Crippen LogP contribution is -2.55. The van der Waals surface area contributed by atoms with Crippen LogP contribution in [0.2, 0.25) is 0 Å². The van der Waals surface area contributed by atoms with Crippen molar-refractivity contribution in [2.24, 2.45) is 11.5 Å². The third-order valence-electron chi connectivity index (χ3n) is 4.85. The number of hydrogen-bond acceptors (Lipinski definition) is 7. The Bertz CT molecular complexity index is 965. The fourth-order valence-electron chi connectivity index (χ4n) is 2.99. The van der Waals surface area contributed by atoms with Crippen LogP contribution in [0.4, 0.5) is 0 Å². The Hall–Kier alpha value is -3.76. The zero-order chi connectivity index (χ0) is 24.4. The first-order valence-corrected chi connectivity index (χ1v) is 10.4. The first kappa shape index (κ1) is 25.5. The summed E-state index contributed by atoms with van der Waals surface area (Å²) in [7, 11) is 0. The molecule has 176 valence electrons. The number of benzene rings is 2. The van der Waals surface area contributed by atoms with Gasteiger partial charge in [0, 0.05) is 6.42 Å². The summed E-state index contributed by atoms with van der Waals surface area (Å²) in [5.41, 5.74) is 12.8. The van der Waals surface area contributed by atoms with Gasteiger partial charge in [0.1, 0.15) is 17.8 Å². The maximum absolute atomic E-state index is 12.7. The van der Waals surface area contributed by atoms with Crippen molar-refractivity contribution in [3.05, 3.63) is 65.7 Å². The monoisotopic (exact) mass is 455 g/mol. The zero-order valence-corrected chi connectivity index (χ0v) is 18.3. The van der Waals surface area contributed by atoms with E-state index in [0.717, 1.165) is 11.1 Å². The van der Waals surface area contributed by atoms with E-state index in [-0.39, 0.29) is 25.1 Å². The lowest BCUT2D eigenvalue weighted by molar-refractivity contribution is -0.136. The van der Waals surface area contributed by atoms with Crippen LogP contribution in [-0.2, 0) is 32.0 Å². The normalized spacial score (nSPS) is 13.3. The van der Waals surface area contributed by atoms with E-state index in [9.17, 15) is 24.3 Å². The largest absolute Gasteiger partial charge is 0.508 e. The van der Waals surface area contributed by atoms with Gasteiger partial charge in [-0.2, -0.15) is 0 Å². The number of nitrogens with two attached hydrogens (primary N) is 2. The fraction of sp³-hybridized carbons (Fsp3) is 0.304. The number of phenols is 1. The molecule has 4 amide bonds. The van der Waals surface area contributed by atoms with Crippen LogP contribution in [-0.4, -0.2) is 53.4 Å². The second-order valence-electron chi connectivity index (χ2n) is 7.57. The third kappa shape index (κ3) is 8.36. The minimum Gasteiger partial charge on any atom is -0.508 e. The fourth-order valence-corrected chi connectivity index (χ4v) is 2.99. The molecule has 0 unspecified atom stereocenters. The van der Waals surface area contributed by atoms with Crippen molar-refractivity contribution >= 4 is 23.6 Å². The van der Waals surface area contributed by atoms with E-state index >= 15 is 0 Å². The molecule has 0 radical (unpaired) electrons.